The largest absolute Gasteiger partial charge is 0.386 e. The number of likely N-dealkylation sites (tertiary alicyclic amines) is 1. The van der Waals surface area contributed by atoms with Crippen LogP contribution < -0.4 is 0 Å². The normalized spacial score (nSPS) is 22.6. The highest BCUT2D eigenvalue weighted by Gasteiger charge is 2.41. The summed E-state index contributed by atoms with van der Waals surface area (Å²) in [6.45, 7) is 9.20. The van der Waals surface area contributed by atoms with Crippen molar-refractivity contribution in [2.24, 2.45) is 5.92 Å². The first-order valence-electron chi connectivity index (χ1n) is 3.67. The second kappa shape index (κ2) is 2.27. The summed E-state index contributed by atoms with van der Waals surface area (Å²) in [6, 6.07) is 0. The Bertz CT molecular complexity index is 136. The van der Waals surface area contributed by atoms with Gasteiger partial charge in [-0.05, 0) is 12.1 Å². The summed E-state index contributed by atoms with van der Waals surface area (Å²) in [4.78, 5) is 2.01. The molecular weight excluding hydrogens is 126 g/mol. The highest BCUT2D eigenvalue weighted by Crippen LogP contribution is 2.27. The zero-order valence-electron chi connectivity index (χ0n) is 6.67. The highest BCUT2D eigenvalue weighted by atomic mass is 16.3. The third-order valence-corrected chi connectivity index (χ3v) is 2.29. The summed E-state index contributed by atoms with van der Waals surface area (Å²) in [5.74, 6) is 0.351. The van der Waals surface area contributed by atoms with Gasteiger partial charge in [-0.1, -0.05) is 20.4 Å². The fourth-order valence-electron chi connectivity index (χ4n) is 1.15. The summed E-state index contributed by atoms with van der Waals surface area (Å²) >= 11 is 0. The van der Waals surface area contributed by atoms with Crippen LogP contribution in [0.25, 0.3) is 0 Å². The van der Waals surface area contributed by atoms with Crippen molar-refractivity contribution in [2.75, 3.05) is 13.1 Å². The monoisotopic (exact) mass is 141 g/mol. The molecule has 10 heavy (non-hydrogen) atoms. The van der Waals surface area contributed by atoms with Gasteiger partial charge in [-0.2, -0.15) is 0 Å². The van der Waals surface area contributed by atoms with Crippen molar-refractivity contribution in [2.45, 2.75) is 19.4 Å². The Kier molecular flexibility index (Phi) is 1.73. The lowest BCUT2D eigenvalue weighted by Crippen LogP contribution is -2.62. The van der Waals surface area contributed by atoms with Crippen LogP contribution in [0.2, 0.25) is 0 Å². The van der Waals surface area contributed by atoms with Crippen LogP contribution in [-0.2, 0) is 0 Å². The van der Waals surface area contributed by atoms with Gasteiger partial charge >= 0.3 is 0 Å². The van der Waals surface area contributed by atoms with Gasteiger partial charge in [-0.3, -0.25) is 0 Å². The molecule has 1 rings (SSSR count). The van der Waals surface area contributed by atoms with Crippen molar-refractivity contribution in [3.05, 3.63) is 12.8 Å². The van der Waals surface area contributed by atoms with Crippen molar-refractivity contribution in [1.82, 2.24) is 4.90 Å². The zero-order valence-corrected chi connectivity index (χ0v) is 6.67. The minimum atomic E-state index is -0.450. The van der Waals surface area contributed by atoms with Crippen LogP contribution >= 0.6 is 0 Å². The molecule has 0 radical (unpaired) electrons. The first-order valence-corrected chi connectivity index (χ1v) is 3.67. The summed E-state index contributed by atoms with van der Waals surface area (Å²) in [5, 5.41) is 9.70. The molecule has 0 aromatic carbocycles. The fourth-order valence-corrected chi connectivity index (χ4v) is 1.15. The minimum Gasteiger partial charge on any atom is -0.386 e. The van der Waals surface area contributed by atoms with E-state index in [0.717, 1.165) is 13.1 Å². The molecule has 0 aliphatic carbocycles. The smallest absolute Gasteiger partial charge is 0.102 e. The third-order valence-electron chi connectivity index (χ3n) is 2.29. The van der Waals surface area contributed by atoms with Crippen molar-refractivity contribution >= 4 is 0 Å². The number of hydrogen-bond acceptors (Lipinski definition) is 2. The molecule has 1 aliphatic heterocycles. The van der Waals surface area contributed by atoms with E-state index in [-0.39, 0.29) is 0 Å². The molecule has 0 amide bonds. The first kappa shape index (κ1) is 7.61. The number of aliphatic hydroxyl groups is 1. The van der Waals surface area contributed by atoms with E-state index < -0.39 is 5.60 Å². The van der Waals surface area contributed by atoms with E-state index in [1.165, 1.54) is 0 Å². The molecule has 0 atom stereocenters. The van der Waals surface area contributed by atoms with Gasteiger partial charge in [0.2, 0.25) is 0 Å². The summed E-state index contributed by atoms with van der Waals surface area (Å²) in [6.07, 6.45) is 1.77. The lowest BCUT2D eigenvalue weighted by molar-refractivity contribution is -0.108. The average molecular weight is 141 g/mol. The summed E-state index contributed by atoms with van der Waals surface area (Å²) in [7, 11) is 0. The van der Waals surface area contributed by atoms with E-state index in [9.17, 15) is 5.11 Å². The molecule has 0 spiro atoms. The number of rotatable bonds is 2. The van der Waals surface area contributed by atoms with Gasteiger partial charge in [0.15, 0.2) is 0 Å². The number of β-amino-alcohol motifs (C(OH)–C–C–N with tert-alkyl or cyclic N) is 1. The molecular formula is C8H15NO. The maximum atomic E-state index is 9.70. The van der Waals surface area contributed by atoms with E-state index in [0.29, 0.717) is 5.92 Å². The van der Waals surface area contributed by atoms with Gasteiger partial charge in [-0.25, -0.2) is 0 Å². The van der Waals surface area contributed by atoms with E-state index in [1.807, 2.05) is 18.7 Å². The predicted molar refractivity (Wildman–Crippen MR) is 41.6 cm³/mol. The first-order chi connectivity index (χ1) is 4.58. The topological polar surface area (TPSA) is 23.5 Å². The van der Waals surface area contributed by atoms with E-state index in [2.05, 4.69) is 6.58 Å². The van der Waals surface area contributed by atoms with Crippen LogP contribution in [0.3, 0.4) is 0 Å². The van der Waals surface area contributed by atoms with Crippen LogP contribution in [0.5, 0.6) is 0 Å². The summed E-state index contributed by atoms with van der Waals surface area (Å²) < 4.78 is 0. The Balaban J connectivity index is 2.41. The SMILES string of the molecule is C=CN1CC(O)(C(C)C)C1. The lowest BCUT2D eigenvalue weighted by Gasteiger charge is -2.48. The molecule has 1 aliphatic rings. The molecule has 1 saturated heterocycles. The zero-order chi connectivity index (χ0) is 7.78. The van der Waals surface area contributed by atoms with Crippen molar-refractivity contribution < 1.29 is 5.11 Å². The van der Waals surface area contributed by atoms with Crippen LogP contribution in [0, 0.1) is 5.92 Å². The summed E-state index contributed by atoms with van der Waals surface area (Å²) in [5.41, 5.74) is -0.450. The maximum absolute atomic E-state index is 9.70. The Hall–Kier alpha value is -0.500. The van der Waals surface area contributed by atoms with Crippen LogP contribution in [0.15, 0.2) is 12.8 Å². The predicted octanol–water partition coefficient (Wildman–Crippen LogP) is 0.833. The average Bonchev–Trinajstić information content (AvgIpc) is 1.80. The molecule has 58 valence electrons. The lowest BCUT2D eigenvalue weighted by atomic mass is 9.83. The second-order valence-corrected chi connectivity index (χ2v) is 3.35. The standard InChI is InChI=1S/C8H15NO/c1-4-9-5-8(10,6-9)7(2)3/h4,7,10H,1,5-6H2,2-3H3. The van der Waals surface area contributed by atoms with Gasteiger partial charge in [0.25, 0.3) is 0 Å². The van der Waals surface area contributed by atoms with E-state index in [1.54, 1.807) is 6.20 Å². The Morgan fingerprint density at radius 2 is 2.10 bits per heavy atom. The van der Waals surface area contributed by atoms with Gasteiger partial charge in [0.05, 0.1) is 0 Å². The molecule has 0 bridgehead atoms. The van der Waals surface area contributed by atoms with Gasteiger partial charge in [0, 0.05) is 13.1 Å². The van der Waals surface area contributed by atoms with Crippen molar-refractivity contribution in [3.8, 4) is 0 Å². The highest BCUT2D eigenvalue weighted by molar-refractivity contribution is 5.00. The van der Waals surface area contributed by atoms with Crippen molar-refractivity contribution in [1.29, 1.82) is 0 Å². The van der Waals surface area contributed by atoms with Gasteiger partial charge in [-0.15, -0.1) is 0 Å². The number of hydrogen-bond donors (Lipinski definition) is 1. The Morgan fingerprint density at radius 3 is 2.40 bits per heavy atom. The molecule has 1 fully saturated rings. The molecule has 0 aromatic rings. The minimum absolute atomic E-state index is 0.351. The Labute approximate surface area is 62.2 Å². The number of nitrogens with zero attached hydrogens (tertiary/aromatic N) is 1. The maximum Gasteiger partial charge on any atom is 0.102 e. The van der Waals surface area contributed by atoms with Gasteiger partial charge in [0.1, 0.15) is 5.60 Å². The molecule has 0 aromatic heterocycles. The van der Waals surface area contributed by atoms with Crippen LogP contribution in [-0.4, -0.2) is 28.7 Å². The van der Waals surface area contributed by atoms with Crippen LogP contribution in [0.4, 0.5) is 0 Å². The quantitative estimate of drug-likeness (QED) is 0.615. The van der Waals surface area contributed by atoms with Crippen LogP contribution in [0.1, 0.15) is 13.8 Å². The molecule has 1 N–H and O–H groups in total. The van der Waals surface area contributed by atoms with E-state index in [4.69, 9.17) is 0 Å². The molecule has 2 heteroatoms. The molecule has 0 unspecified atom stereocenters. The fraction of sp³-hybridized carbons (Fsp3) is 0.750. The van der Waals surface area contributed by atoms with Crippen molar-refractivity contribution in [3.63, 3.8) is 0 Å². The third kappa shape index (κ3) is 1.03. The second-order valence-electron chi connectivity index (χ2n) is 3.35. The Morgan fingerprint density at radius 1 is 1.60 bits per heavy atom. The molecule has 0 saturated carbocycles. The molecule has 2 nitrogen and oxygen atoms in total. The van der Waals surface area contributed by atoms with E-state index >= 15 is 0 Å². The molecule has 1 heterocycles. The van der Waals surface area contributed by atoms with Gasteiger partial charge < -0.3 is 10.0 Å².